The number of fused-ring (bicyclic) bond motifs is 1. The molecule has 0 aliphatic rings. The monoisotopic (exact) mass is 318 g/mol. The number of halogens is 3. The van der Waals surface area contributed by atoms with Crippen LogP contribution >= 0.6 is 11.3 Å². The van der Waals surface area contributed by atoms with E-state index in [9.17, 15) is 22.8 Å². The number of carbonyl (C=O) groups is 1. The lowest BCUT2D eigenvalue weighted by Crippen LogP contribution is -2.37. The van der Waals surface area contributed by atoms with Crippen molar-refractivity contribution in [1.29, 1.82) is 0 Å². The lowest BCUT2D eigenvalue weighted by molar-refractivity contribution is -0.173. The predicted octanol–water partition coefficient (Wildman–Crippen LogP) is 2.59. The van der Waals surface area contributed by atoms with Crippen molar-refractivity contribution in [3.8, 4) is 0 Å². The van der Waals surface area contributed by atoms with Gasteiger partial charge in [0.15, 0.2) is 0 Å². The minimum atomic E-state index is -4.82. The molecule has 2 N–H and O–H groups in total. The molecule has 0 aliphatic carbocycles. The Morgan fingerprint density at radius 3 is 2.76 bits per heavy atom. The maximum atomic E-state index is 11.9. The number of alkyl halides is 3. The molecule has 0 bridgehead atoms. The second-order valence-corrected chi connectivity index (χ2v) is 5.57. The highest BCUT2D eigenvalue weighted by Crippen LogP contribution is 2.18. The highest BCUT2D eigenvalue weighted by atomic mass is 32.1. The van der Waals surface area contributed by atoms with Crippen molar-refractivity contribution < 1.29 is 18.0 Å². The number of benzene rings is 1. The molecule has 0 fully saturated rings. The van der Waals surface area contributed by atoms with Crippen molar-refractivity contribution in [3.05, 3.63) is 33.4 Å². The first kappa shape index (κ1) is 15.6. The summed E-state index contributed by atoms with van der Waals surface area (Å²) in [6.45, 7) is -0.00191. The largest absolute Gasteiger partial charge is 0.471 e. The van der Waals surface area contributed by atoms with Crippen LogP contribution in [0.15, 0.2) is 23.0 Å². The van der Waals surface area contributed by atoms with Crippen LogP contribution in [0.3, 0.4) is 0 Å². The molecule has 21 heavy (non-hydrogen) atoms. The van der Waals surface area contributed by atoms with Gasteiger partial charge in [0.25, 0.3) is 0 Å². The fraction of sp³-hybridized carbons (Fsp3) is 0.385. The molecule has 4 nitrogen and oxygen atoms in total. The van der Waals surface area contributed by atoms with Crippen LogP contribution in [0.4, 0.5) is 13.2 Å². The van der Waals surface area contributed by atoms with Crippen molar-refractivity contribution in [2.45, 2.75) is 25.4 Å². The number of thiazole rings is 1. The standard InChI is InChI=1S/C13H13F3N2O2S/c14-13(15,16)11(19)17-6-2-1-3-8-4-5-9-10(7-8)21-12(20)18-9/h4-5,7H,1-3,6H2,(H,17,19)(H,18,20). The van der Waals surface area contributed by atoms with Crippen LogP contribution in [0.1, 0.15) is 18.4 Å². The minimum Gasteiger partial charge on any atom is -0.348 e. The summed E-state index contributed by atoms with van der Waals surface area (Å²) in [4.78, 5) is 24.3. The number of aromatic amines is 1. The summed E-state index contributed by atoms with van der Waals surface area (Å²) in [7, 11) is 0. The van der Waals surface area contributed by atoms with Gasteiger partial charge in [-0.05, 0) is 37.0 Å². The summed E-state index contributed by atoms with van der Waals surface area (Å²) < 4.78 is 36.7. The fourth-order valence-corrected chi connectivity index (χ4v) is 2.70. The third-order valence-electron chi connectivity index (χ3n) is 2.92. The summed E-state index contributed by atoms with van der Waals surface area (Å²) in [6, 6.07) is 5.58. The highest BCUT2D eigenvalue weighted by Gasteiger charge is 2.38. The number of hydrogen-bond donors (Lipinski definition) is 2. The topological polar surface area (TPSA) is 62.0 Å². The zero-order valence-electron chi connectivity index (χ0n) is 10.9. The first-order valence-electron chi connectivity index (χ1n) is 6.33. The molecule has 0 atom stereocenters. The Hall–Kier alpha value is -1.83. The second kappa shape index (κ2) is 6.30. The van der Waals surface area contributed by atoms with Crippen molar-refractivity contribution >= 4 is 27.5 Å². The van der Waals surface area contributed by atoms with E-state index in [-0.39, 0.29) is 11.4 Å². The van der Waals surface area contributed by atoms with Crippen molar-refractivity contribution in [2.75, 3.05) is 6.54 Å². The van der Waals surface area contributed by atoms with Crippen LogP contribution in [0.25, 0.3) is 10.2 Å². The zero-order chi connectivity index (χ0) is 15.5. The number of rotatable bonds is 5. The summed E-state index contributed by atoms with van der Waals surface area (Å²) in [5, 5.41) is 1.83. The molecule has 0 saturated carbocycles. The van der Waals surface area contributed by atoms with E-state index in [1.807, 2.05) is 23.5 Å². The summed E-state index contributed by atoms with van der Waals surface area (Å²) in [6.07, 6.45) is -3.02. The van der Waals surface area contributed by atoms with E-state index in [1.165, 1.54) is 0 Å². The highest BCUT2D eigenvalue weighted by molar-refractivity contribution is 7.16. The summed E-state index contributed by atoms with van der Waals surface area (Å²) >= 11 is 1.12. The van der Waals surface area contributed by atoms with E-state index in [1.54, 1.807) is 0 Å². The molecule has 1 aromatic carbocycles. The van der Waals surface area contributed by atoms with Gasteiger partial charge in [0.2, 0.25) is 0 Å². The van der Waals surface area contributed by atoms with Crippen LogP contribution in [0.5, 0.6) is 0 Å². The van der Waals surface area contributed by atoms with Gasteiger partial charge in [-0.3, -0.25) is 9.59 Å². The molecule has 1 amide bonds. The van der Waals surface area contributed by atoms with Gasteiger partial charge in [-0.25, -0.2) is 0 Å². The lowest BCUT2D eigenvalue weighted by Gasteiger charge is -2.07. The molecule has 8 heteroatoms. The molecule has 0 saturated heterocycles. The first-order chi connectivity index (χ1) is 9.86. The van der Waals surface area contributed by atoms with Crippen LogP contribution in [-0.2, 0) is 11.2 Å². The second-order valence-electron chi connectivity index (χ2n) is 4.56. The number of aromatic nitrogens is 1. The van der Waals surface area contributed by atoms with Crippen LogP contribution in [-0.4, -0.2) is 23.6 Å². The van der Waals surface area contributed by atoms with Crippen molar-refractivity contribution in [1.82, 2.24) is 10.3 Å². The zero-order valence-corrected chi connectivity index (χ0v) is 11.7. The van der Waals surface area contributed by atoms with Gasteiger partial charge in [-0.15, -0.1) is 0 Å². The maximum absolute atomic E-state index is 11.9. The Morgan fingerprint density at radius 2 is 2.05 bits per heavy atom. The summed E-state index contributed by atoms with van der Waals surface area (Å²) in [5.74, 6) is -1.90. The van der Waals surface area contributed by atoms with E-state index in [4.69, 9.17) is 0 Å². The Morgan fingerprint density at radius 1 is 1.29 bits per heavy atom. The van der Waals surface area contributed by atoms with Crippen LogP contribution in [0, 0.1) is 0 Å². The first-order valence-corrected chi connectivity index (χ1v) is 7.15. The lowest BCUT2D eigenvalue weighted by atomic mass is 10.1. The van der Waals surface area contributed by atoms with Crippen molar-refractivity contribution in [3.63, 3.8) is 0 Å². The number of amides is 1. The number of H-pyrrole nitrogens is 1. The molecule has 1 heterocycles. The van der Waals surface area contributed by atoms with Gasteiger partial charge in [-0.1, -0.05) is 17.4 Å². The van der Waals surface area contributed by atoms with Gasteiger partial charge >= 0.3 is 17.0 Å². The number of aryl methyl sites for hydroxylation is 1. The van der Waals surface area contributed by atoms with Gasteiger partial charge in [0.1, 0.15) is 0 Å². The maximum Gasteiger partial charge on any atom is 0.471 e. The quantitative estimate of drug-likeness (QED) is 0.833. The van der Waals surface area contributed by atoms with E-state index < -0.39 is 12.1 Å². The Balaban J connectivity index is 1.77. The average Bonchev–Trinajstić information content (AvgIpc) is 2.76. The van der Waals surface area contributed by atoms with Crippen molar-refractivity contribution in [2.24, 2.45) is 0 Å². The molecule has 1 aromatic heterocycles. The van der Waals surface area contributed by atoms with E-state index in [0.29, 0.717) is 19.3 Å². The van der Waals surface area contributed by atoms with E-state index in [0.717, 1.165) is 27.1 Å². The SMILES string of the molecule is O=C(NCCCCc1ccc2[nH]c(=O)sc2c1)C(F)(F)F. The predicted molar refractivity (Wildman–Crippen MR) is 74.4 cm³/mol. The van der Waals surface area contributed by atoms with Gasteiger partial charge in [0, 0.05) is 6.54 Å². The molecule has 0 radical (unpaired) electrons. The van der Waals surface area contributed by atoms with E-state index in [2.05, 4.69) is 4.98 Å². The van der Waals surface area contributed by atoms with Gasteiger partial charge < -0.3 is 10.3 Å². The Labute approximate surface area is 122 Å². The number of carbonyl (C=O) groups excluding carboxylic acids is 1. The smallest absolute Gasteiger partial charge is 0.348 e. The van der Waals surface area contributed by atoms with E-state index >= 15 is 0 Å². The molecule has 2 aromatic rings. The van der Waals surface area contributed by atoms with Crippen LogP contribution < -0.4 is 10.2 Å². The number of unbranched alkanes of at least 4 members (excludes halogenated alkanes) is 1. The normalized spacial score (nSPS) is 11.8. The number of nitrogens with one attached hydrogen (secondary N) is 2. The molecule has 2 rings (SSSR count). The molecule has 0 unspecified atom stereocenters. The third kappa shape index (κ3) is 4.32. The Kier molecular flexibility index (Phi) is 4.66. The average molecular weight is 318 g/mol. The number of hydrogen-bond acceptors (Lipinski definition) is 3. The molecule has 0 spiro atoms. The van der Waals surface area contributed by atoms with Crippen LogP contribution in [0.2, 0.25) is 0 Å². The van der Waals surface area contributed by atoms with Gasteiger partial charge in [0.05, 0.1) is 10.2 Å². The minimum absolute atomic E-state index is 0.00191. The van der Waals surface area contributed by atoms with Gasteiger partial charge in [-0.2, -0.15) is 13.2 Å². The fourth-order valence-electron chi connectivity index (χ4n) is 1.90. The molecular weight excluding hydrogens is 305 g/mol. The summed E-state index contributed by atoms with van der Waals surface area (Å²) in [5.41, 5.74) is 1.80. The molecule has 114 valence electrons. The molecule has 0 aliphatic heterocycles. The Bertz CT molecular complexity index is 691. The third-order valence-corrected chi connectivity index (χ3v) is 3.77. The molecular formula is C13H13F3N2O2S.